The normalized spacial score (nSPS) is 15.2. The van der Waals surface area contributed by atoms with Gasteiger partial charge in [-0.3, -0.25) is 9.69 Å². The molecule has 2 aromatic carbocycles. The highest BCUT2D eigenvalue weighted by Crippen LogP contribution is 2.31. The molecular formula is C23H20Cl2N8O2. The lowest BCUT2D eigenvalue weighted by Crippen LogP contribution is -2.44. The van der Waals surface area contributed by atoms with E-state index in [9.17, 15) is 9.59 Å². The van der Waals surface area contributed by atoms with Crippen molar-refractivity contribution in [3.05, 3.63) is 68.7 Å². The number of rotatable bonds is 4. The predicted molar refractivity (Wildman–Crippen MR) is 137 cm³/mol. The second-order valence-corrected chi connectivity index (χ2v) is 9.10. The van der Waals surface area contributed by atoms with Gasteiger partial charge in [0.15, 0.2) is 5.65 Å². The third kappa shape index (κ3) is 4.16. The molecule has 4 N–H and O–H groups in total. The van der Waals surface area contributed by atoms with Crippen LogP contribution < -0.4 is 22.1 Å². The molecule has 1 aliphatic heterocycles. The monoisotopic (exact) mass is 510 g/mol. The molecule has 2 aromatic heterocycles. The quantitative estimate of drug-likeness (QED) is 0.381. The summed E-state index contributed by atoms with van der Waals surface area (Å²) in [7, 11) is 3.74. The Bertz CT molecular complexity index is 1530. The molecular weight excluding hydrogens is 491 g/mol. The number of amides is 1. The van der Waals surface area contributed by atoms with E-state index >= 15 is 0 Å². The zero-order valence-corrected chi connectivity index (χ0v) is 20.2. The molecule has 0 saturated carbocycles. The number of nitrogen functional groups attached to an aromatic ring is 1. The first kappa shape index (κ1) is 23.0. The topological polar surface area (TPSA) is 131 Å². The molecule has 0 bridgehead atoms. The van der Waals surface area contributed by atoms with Crippen molar-refractivity contribution in [3.8, 4) is 5.69 Å². The fraction of sp³-hybridized carbons (Fsp3) is 0.174. The van der Waals surface area contributed by atoms with E-state index in [1.807, 2.05) is 37.2 Å². The van der Waals surface area contributed by atoms with E-state index in [4.69, 9.17) is 28.9 Å². The number of likely N-dealkylation sites (N-methyl/N-ethyl adjacent to an activating group) is 1. The number of hydrogen-bond acceptors (Lipinski definition) is 8. The van der Waals surface area contributed by atoms with Crippen molar-refractivity contribution in [2.24, 2.45) is 0 Å². The van der Waals surface area contributed by atoms with E-state index < -0.39 is 5.69 Å². The van der Waals surface area contributed by atoms with Crippen LogP contribution in [0.25, 0.3) is 16.7 Å². The Morgan fingerprint density at radius 3 is 2.60 bits per heavy atom. The SMILES string of the molecule is CN(C)C1Cc2cc(Nc3ncc4c(N)n(-c5c(Cl)cccc5Cl)c(=O)nc4n3)ccc2NC1=O. The van der Waals surface area contributed by atoms with Crippen LogP contribution in [0.2, 0.25) is 10.0 Å². The Morgan fingerprint density at radius 1 is 1.14 bits per heavy atom. The number of nitrogens with one attached hydrogen (secondary N) is 2. The van der Waals surface area contributed by atoms with Crippen LogP contribution in [0.3, 0.4) is 0 Å². The number of benzene rings is 2. The van der Waals surface area contributed by atoms with Crippen LogP contribution in [-0.2, 0) is 11.2 Å². The van der Waals surface area contributed by atoms with Crippen molar-refractivity contribution in [1.82, 2.24) is 24.4 Å². The summed E-state index contributed by atoms with van der Waals surface area (Å²) >= 11 is 12.5. The first-order valence-corrected chi connectivity index (χ1v) is 11.4. The van der Waals surface area contributed by atoms with Gasteiger partial charge in [-0.2, -0.15) is 9.97 Å². The highest BCUT2D eigenvalue weighted by molar-refractivity contribution is 6.37. The van der Waals surface area contributed by atoms with Crippen molar-refractivity contribution < 1.29 is 4.79 Å². The van der Waals surface area contributed by atoms with Gasteiger partial charge in [0.2, 0.25) is 11.9 Å². The summed E-state index contributed by atoms with van der Waals surface area (Å²) in [6.07, 6.45) is 2.05. The summed E-state index contributed by atoms with van der Waals surface area (Å²) < 4.78 is 1.14. The summed E-state index contributed by atoms with van der Waals surface area (Å²) in [6.45, 7) is 0. The van der Waals surface area contributed by atoms with Gasteiger partial charge in [-0.25, -0.2) is 14.3 Å². The van der Waals surface area contributed by atoms with Crippen LogP contribution in [0, 0.1) is 0 Å². The molecule has 178 valence electrons. The second-order valence-electron chi connectivity index (χ2n) is 8.29. The minimum atomic E-state index is -0.672. The Morgan fingerprint density at radius 2 is 1.89 bits per heavy atom. The third-order valence-electron chi connectivity index (χ3n) is 5.80. The summed E-state index contributed by atoms with van der Waals surface area (Å²) in [5.74, 6) is 0.274. The molecule has 5 rings (SSSR count). The molecule has 12 heteroatoms. The summed E-state index contributed by atoms with van der Waals surface area (Å²) in [4.78, 5) is 39.8. The highest BCUT2D eigenvalue weighted by Gasteiger charge is 2.27. The van der Waals surface area contributed by atoms with Gasteiger partial charge in [-0.15, -0.1) is 0 Å². The Labute approximate surface area is 209 Å². The van der Waals surface area contributed by atoms with Crippen LogP contribution >= 0.6 is 23.2 Å². The lowest BCUT2D eigenvalue weighted by molar-refractivity contribution is -0.120. The van der Waals surface area contributed by atoms with Crippen LogP contribution in [-0.4, -0.2) is 50.5 Å². The maximum Gasteiger partial charge on any atom is 0.355 e. The number of para-hydroxylation sites is 1. The lowest BCUT2D eigenvalue weighted by atomic mass is 9.98. The van der Waals surface area contributed by atoms with Crippen molar-refractivity contribution in [2.45, 2.75) is 12.5 Å². The van der Waals surface area contributed by atoms with Gasteiger partial charge in [0.1, 0.15) is 5.82 Å². The largest absolute Gasteiger partial charge is 0.384 e. The number of halogens is 2. The van der Waals surface area contributed by atoms with Crippen LogP contribution in [0.15, 0.2) is 47.4 Å². The number of anilines is 4. The van der Waals surface area contributed by atoms with Gasteiger partial charge < -0.3 is 16.4 Å². The van der Waals surface area contributed by atoms with E-state index in [-0.39, 0.29) is 45.1 Å². The number of fused-ring (bicyclic) bond motifs is 2. The molecule has 0 spiro atoms. The van der Waals surface area contributed by atoms with Crippen LogP contribution in [0.5, 0.6) is 0 Å². The van der Waals surface area contributed by atoms with Crippen molar-refractivity contribution in [3.63, 3.8) is 0 Å². The first-order valence-electron chi connectivity index (χ1n) is 10.6. The molecule has 0 radical (unpaired) electrons. The summed E-state index contributed by atoms with van der Waals surface area (Å²) in [6, 6.07) is 10.2. The van der Waals surface area contributed by atoms with Crippen molar-refractivity contribution >= 4 is 63.3 Å². The molecule has 10 nitrogen and oxygen atoms in total. The maximum absolute atomic E-state index is 12.8. The Balaban J connectivity index is 1.49. The van der Waals surface area contributed by atoms with Gasteiger partial charge in [0.25, 0.3) is 0 Å². The molecule has 0 fully saturated rings. The molecule has 1 amide bonds. The minimum absolute atomic E-state index is 0.0338. The van der Waals surface area contributed by atoms with Gasteiger partial charge in [-0.05, 0) is 56.4 Å². The zero-order chi connectivity index (χ0) is 24.9. The number of carbonyl (C=O) groups excluding carboxylic acids is 1. The number of aromatic nitrogens is 4. The van der Waals surface area contributed by atoms with Crippen LogP contribution in [0.4, 0.5) is 23.1 Å². The maximum atomic E-state index is 12.8. The molecule has 0 aliphatic carbocycles. The fourth-order valence-electron chi connectivity index (χ4n) is 4.01. The first-order chi connectivity index (χ1) is 16.7. The fourth-order valence-corrected chi connectivity index (χ4v) is 4.57. The lowest BCUT2D eigenvalue weighted by Gasteiger charge is -2.29. The zero-order valence-electron chi connectivity index (χ0n) is 18.7. The molecule has 0 saturated heterocycles. The standard InChI is InChI=1S/C23H20Cl2N8O2/c1-32(2)17-9-11-8-12(6-7-16(11)29-21(17)34)28-22-27-10-13-19(26)33(23(35)31-20(13)30-22)18-14(24)4-3-5-15(18)25/h3-8,10,17H,9,26H2,1-2H3,(H,29,34)(H,28,30,31,35). The average Bonchev–Trinajstić information content (AvgIpc) is 2.80. The van der Waals surface area contributed by atoms with Crippen LogP contribution in [0.1, 0.15) is 5.56 Å². The number of nitrogens with zero attached hydrogens (tertiary/aromatic N) is 5. The third-order valence-corrected chi connectivity index (χ3v) is 6.41. The number of nitrogens with two attached hydrogens (primary N) is 1. The Hall–Kier alpha value is -3.73. The minimum Gasteiger partial charge on any atom is -0.384 e. The van der Waals surface area contributed by atoms with E-state index in [2.05, 4.69) is 25.6 Å². The van der Waals surface area contributed by atoms with E-state index in [1.165, 1.54) is 6.20 Å². The molecule has 3 heterocycles. The summed E-state index contributed by atoms with van der Waals surface area (Å²) in [5.41, 5.74) is 8.46. The smallest absolute Gasteiger partial charge is 0.355 e. The van der Waals surface area contributed by atoms with E-state index in [0.29, 0.717) is 11.8 Å². The molecule has 1 unspecified atom stereocenters. The van der Waals surface area contributed by atoms with Crippen molar-refractivity contribution in [2.75, 3.05) is 30.5 Å². The molecule has 35 heavy (non-hydrogen) atoms. The average molecular weight is 511 g/mol. The Kier molecular flexibility index (Phi) is 5.79. The number of carbonyl (C=O) groups is 1. The van der Waals surface area contributed by atoms with Crippen molar-refractivity contribution in [1.29, 1.82) is 0 Å². The molecule has 1 aliphatic rings. The van der Waals surface area contributed by atoms with Gasteiger partial charge in [0, 0.05) is 17.6 Å². The van der Waals surface area contributed by atoms with E-state index in [0.717, 1.165) is 21.5 Å². The number of hydrogen-bond donors (Lipinski definition) is 3. The van der Waals surface area contributed by atoms with E-state index in [1.54, 1.807) is 18.2 Å². The van der Waals surface area contributed by atoms with Gasteiger partial charge in [-0.1, -0.05) is 29.3 Å². The van der Waals surface area contributed by atoms with Gasteiger partial charge >= 0.3 is 5.69 Å². The summed E-state index contributed by atoms with van der Waals surface area (Å²) in [5, 5.41) is 6.93. The molecule has 1 atom stereocenters. The molecule has 4 aromatic rings. The predicted octanol–water partition coefficient (Wildman–Crippen LogP) is 3.23. The van der Waals surface area contributed by atoms with Gasteiger partial charge in [0.05, 0.1) is 27.2 Å². The highest BCUT2D eigenvalue weighted by atomic mass is 35.5. The second kappa shape index (κ2) is 8.81.